The third-order valence-electron chi connectivity index (χ3n) is 3.82. The fraction of sp³-hybridized carbons (Fsp3) is 0.105. The van der Waals surface area contributed by atoms with Crippen molar-refractivity contribution in [2.45, 2.75) is 0 Å². The second-order valence-corrected chi connectivity index (χ2v) is 7.48. The van der Waals surface area contributed by atoms with Crippen LogP contribution in [0.5, 0.6) is 5.75 Å². The molecule has 0 spiro atoms. The molecule has 1 fully saturated rings. The van der Waals surface area contributed by atoms with Crippen LogP contribution >= 0.6 is 27.7 Å². The number of carboxylic acids is 1. The fourth-order valence-corrected chi connectivity index (χ4v) is 3.91. The minimum atomic E-state index is -0.993. The van der Waals surface area contributed by atoms with E-state index in [0.717, 1.165) is 10.0 Å². The lowest BCUT2D eigenvalue weighted by atomic mass is 10.2. The van der Waals surface area contributed by atoms with Gasteiger partial charge in [0.1, 0.15) is 5.75 Å². The Morgan fingerprint density at radius 1 is 1.26 bits per heavy atom. The molecule has 0 aromatic heterocycles. The lowest BCUT2D eigenvalue weighted by Crippen LogP contribution is -2.23. The number of halogens is 1. The van der Waals surface area contributed by atoms with Crippen LogP contribution in [0.25, 0.3) is 6.08 Å². The highest BCUT2D eigenvalue weighted by molar-refractivity contribution is 9.10. The minimum Gasteiger partial charge on any atom is -0.496 e. The van der Waals surface area contributed by atoms with Gasteiger partial charge in [0.15, 0.2) is 5.17 Å². The minimum absolute atomic E-state index is 0.146. The summed E-state index contributed by atoms with van der Waals surface area (Å²) in [6.07, 6.45) is 1.80. The molecule has 0 radical (unpaired) electrons. The molecule has 1 saturated heterocycles. The number of carbonyl (C=O) groups excluding carboxylic acids is 1. The zero-order valence-electron chi connectivity index (χ0n) is 14.5. The van der Waals surface area contributed by atoms with E-state index in [1.165, 1.54) is 28.8 Å². The van der Waals surface area contributed by atoms with Crippen LogP contribution in [0.15, 0.2) is 56.8 Å². The van der Waals surface area contributed by atoms with Crippen molar-refractivity contribution >= 4 is 56.5 Å². The van der Waals surface area contributed by atoms with E-state index in [0.29, 0.717) is 21.5 Å². The van der Waals surface area contributed by atoms with Crippen molar-refractivity contribution in [1.29, 1.82) is 0 Å². The van der Waals surface area contributed by atoms with Gasteiger partial charge in [-0.15, -0.1) is 0 Å². The first-order valence-electron chi connectivity index (χ1n) is 7.82. The van der Waals surface area contributed by atoms with Crippen LogP contribution in [0.1, 0.15) is 15.9 Å². The van der Waals surface area contributed by atoms with Gasteiger partial charge in [-0.1, -0.05) is 6.07 Å². The molecule has 0 saturated carbocycles. The number of amidine groups is 1. The molecule has 1 N–H and O–H groups in total. The Kier molecular flexibility index (Phi) is 5.67. The summed E-state index contributed by atoms with van der Waals surface area (Å²) >= 11 is 4.70. The molecule has 1 heterocycles. The largest absolute Gasteiger partial charge is 0.496 e. The van der Waals surface area contributed by atoms with Crippen LogP contribution < -0.4 is 4.74 Å². The van der Waals surface area contributed by atoms with E-state index in [2.05, 4.69) is 20.9 Å². The molecular formula is C19H15BrN2O4S. The van der Waals surface area contributed by atoms with Crippen LogP contribution in [0.2, 0.25) is 0 Å². The molecule has 1 aliphatic rings. The quantitative estimate of drug-likeness (QED) is 0.704. The van der Waals surface area contributed by atoms with Crippen molar-refractivity contribution in [3.63, 3.8) is 0 Å². The SMILES string of the molecule is COc1ccc(C=C2SC(=Nc3ccc(C(=O)O)cc3)N(C)C2=O)cc1Br. The van der Waals surface area contributed by atoms with E-state index in [4.69, 9.17) is 9.84 Å². The number of aromatic carboxylic acids is 1. The summed E-state index contributed by atoms with van der Waals surface area (Å²) in [4.78, 5) is 29.9. The Morgan fingerprint density at radius 3 is 2.56 bits per heavy atom. The summed E-state index contributed by atoms with van der Waals surface area (Å²) in [6.45, 7) is 0. The highest BCUT2D eigenvalue weighted by Gasteiger charge is 2.30. The molecule has 1 aliphatic heterocycles. The van der Waals surface area contributed by atoms with Gasteiger partial charge >= 0.3 is 5.97 Å². The topological polar surface area (TPSA) is 79.2 Å². The Labute approximate surface area is 168 Å². The molecule has 138 valence electrons. The molecule has 27 heavy (non-hydrogen) atoms. The second-order valence-electron chi connectivity index (χ2n) is 5.62. The van der Waals surface area contributed by atoms with Crippen LogP contribution in [0.4, 0.5) is 5.69 Å². The number of rotatable bonds is 4. The Balaban J connectivity index is 1.85. The Bertz CT molecular complexity index is 970. The van der Waals surface area contributed by atoms with Crippen LogP contribution in [-0.4, -0.2) is 41.2 Å². The Morgan fingerprint density at radius 2 is 1.96 bits per heavy atom. The number of thioether (sulfide) groups is 1. The normalized spacial score (nSPS) is 17.0. The molecule has 1 amide bonds. The number of amides is 1. The van der Waals surface area contributed by atoms with E-state index in [1.54, 1.807) is 32.4 Å². The first-order chi connectivity index (χ1) is 12.9. The lowest BCUT2D eigenvalue weighted by Gasteiger charge is -2.07. The summed E-state index contributed by atoms with van der Waals surface area (Å²) in [5.41, 5.74) is 1.63. The van der Waals surface area contributed by atoms with Gasteiger partial charge in [0, 0.05) is 7.05 Å². The molecule has 2 aromatic rings. The van der Waals surface area contributed by atoms with Gasteiger partial charge in [0.25, 0.3) is 5.91 Å². The molecule has 8 heteroatoms. The highest BCUT2D eigenvalue weighted by atomic mass is 79.9. The second kappa shape index (κ2) is 7.98. The fourth-order valence-electron chi connectivity index (χ4n) is 2.36. The summed E-state index contributed by atoms with van der Waals surface area (Å²) in [7, 11) is 3.25. The number of aliphatic imine (C=N–C) groups is 1. The predicted octanol–water partition coefficient (Wildman–Crippen LogP) is 4.39. The van der Waals surface area contributed by atoms with Gasteiger partial charge in [-0.25, -0.2) is 9.79 Å². The molecule has 2 aromatic carbocycles. The number of carbonyl (C=O) groups is 2. The number of benzene rings is 2. The number of carboxylic acid groups (broad SMARTS) is 1. The summed E-state index contributed by atoms with van der Waals surface area (Å²) in [5.74, 6) is -0.424. The number of ether oxygens (including phenoxy) is 1. The molecule has 0 atom stereocenters. The molecular weight excluding hydrogens is 432 g/mol. The van der Waals surface area contributed by atoms with Gasteiger partial charge in [0.05, 0.1) is 27.7 Å². The van der Waals surface area contributed by atoms with Crippen molar-refractivity contribution in [3.05, 3.63) is 63.0 Å². The zero-order valence-corrected chi connectivity index (χ0v) is 16.9. The van der Waals surface area contributed by atoms with Gasteiger partial charge in [0.2, 0.25) is 0 Å². The van der Waals surface area contributed by atoms with Gasteiger partial charge < -0.3 is 9.84 Å². The maximum Gasteiger partial charge on any atom is 0.335 e. The maximum atomic E-state index is 12.5. The van der Waals surface area contributed by atoms with E-state index in [-0.39, 0.29) is 11.5 Å². The molecule has 0 bridgehead atoms. The summed E-state index contributed by atoms with van der Waals surface area (Å²) in [5, 5.41) is 9.48. The van der Waals surface area contributed by atoms with Gasteiger partial charge in [-0.3, -0.25) is 9.69 Å². The number of hydrogen-bond donors (Lipinski definition) is 1. The van der Waals surface area contributed by atoms with Crippen LogP contribution in [0, 0.1) is 0 Å². The van der Waals surface area contributed by atoms with Crippen LogP contribution in [0.3, 0.4) is 0 Å². The smallest absolute Gasteiger partial charge is 0.335 e. The summed E-state index contributed by atoms with van der Waals surface area (Å²) in [6, 6.07) is 11.7. The zero-order chi connectivity index (χ0) is 19.6. The number of methoxy groups -OCH3 is 1. The predicted molar refractivity (Wildman–Crippen MR) is 110 cm³/mol. The first kappa shape index (κ1) is 19.2. The van der Waals surface area contributed by atoms with Crippen molar-refractivity contribution in [2.24, 2.45) is 4.99 Å². The van der Waals surface area contributed by atoms with Gasteiger partial charge in [-0.2, -0.15) is 0 Å². The first-order valence-corrected chi connectivity index (χ1v) is 9.43. The maximum absolute atomic E-state index is 12.5. The summed E-state index contributed by atoms with van der Waals surface area (Å²) < 4.78 is 6.01. The van der Waals surface area contributed by atoms with Crippen molar-refractivity contribution in [2.75, 3.05) is 14.2 Å². The van der Waals surface area contributed by atoms with E-state index in [1.807, 2.05) is 18.2 Å². The standard InChI is InChI=1S/C19H15BrN2O4S/c1-22-17(23)16(10-11-3-8-15(26-2)14(20)9-11)27-19(22)21-13-6-4-12(5-7-13)18(24)25/h3-10H,1-2H3,(H,24,25). The average molecular weight is 447 g/mol. The van der Waals surface area contributed by atoms with Crippen molar-refractivity contribution in [1.82, 2.24) is 4.90 Å². The third kappa shape index (κ3) is 4.23. The lowest BCUT2D eigenvalue weighted by molar-refractivity contribution is -0.121. The number of nitrogens with zero attached hydrogens (tertiary/aromatic N) is 2. The highest BCUT2D eigenvalue weighted by Crippen LogP contribution is 2.34. The van der Waals surface area contributed by atoms with Gasteiger partial charge in [-0.05, 0) is 75.7 Å². The molecule has 0 unspecified atom stereocenters. The van der Waals surface area contributed by atoms with Crippen molar-refractivity contribution < 1.29 is 19.4 Å². The molecule has 6 nitrogen and oxygen atoms in total. The average Bonchev–Trinajstić information content (AvgIpc) is 2.90. The monoisotopic (exact) mass is 446 g/mol. The molecule has 0 aliphatic carbocycles. The Hall–Kier alpha value is -2.58. The van der Waals surface area contributed by atoms with E-state index >= 15 is 0 Å². The molecule has 3 rings (SSSR count). The van der Waals surface area contributed by atoms with E-state index < -0.39 is 5.97 Å². The van der Waals surface area contributed by atoms with Crippen LogP contribution in [-0.2, 0) is 4.79 Å². The van der Waals surface area contributed by atoms with Crippen molar-refractivity contribution in [3.8, 4) is 5.75 Å². The third-order valence-corrected chi connectivity index (χ3v) is 5.50. The number of likely N-dealkylation sites (N-methyl/N-ethyl adjacent to an activating group) is 1. The van der Waals surface area contributed by atoms with E-state index in [9.17, 15) is 9.59 Å². The number of hydrogen-bond acceptors (Lipinski definition) is 5.